The van der Waals surface area contributed by atoms with E-state index in [1.165, 1.54) is 6.20 Å². The zero-order chi connectivity index (χ0) is 20.8. The summed E-state index contributed by atoms with van der Waals surface area (Å²) < 4.78 is 25.2. The fourth-order valence-electron chi connectivity index (χ4n) is 3.70. The Balaban J connectivity index is 1.70. The van der Waals surface area contributed by atoms with E-state index < -0.39 is 23.4 Å². The van der Waals surface area contributed by atoms with Crippen molar-refractivity contribution in [2.24, 2.45) is 0 Å². The second-order valence-electron chi connectivity index (χ2n) is 8.48. The summed E-state index contributed by atoms with van der Waals surface area (Å²) in [6, 6.07) is 3.15. The van der Waals surface area contributed by atoms with Crippen LogP contribution in [0.4, 0.5) is 9.18 Å². The van der Waals surface area contributed by atoms with Gasteiger partial charge in [0, 0.05) is 42.2 Å². The second kappa shape index (κ2) is 7.26. The number of fused-ring (bicyclic) bond motifs is 1. The smallest absolute Gasteiger partial charge is 0.417 e. The van der Waals surface area contributed by atoms with Crippen molar-refractivity contribution >= 4 is 12.0 Å². The molecule has 7 nitrogen and oxygen atoms in total. The summed E-state index contributed by atoms with van der Waals surface area (Å²) >= 11 is 0. The van der Waals surface area contributed by atoms with Crippen LogP contribution in [0.25, 0.3) is 11.3 Å². The maximum Gasteiger partial charge on any atom is 0.417 e. The molecule has 2 aromatic heterocycles. The molecule has 0 aromatic carbocycles. The van der Waals surface area contributed by atoms with Crippen LogP contribution in [0.2, 0.25) is 0 Å². The summed E-state index contributed by atoms with van der Waals surface area (Å²) in [6.45, 7) is 6.18. The molecular formula is C21H24FN3O4. The van der Waals surface area contributed by atoms with E-state index in [1.54, 1.807) is 32.9 Å². The third kappa shape index (κ3) is 3.89. The van der Waals surface area contributed by atoms with Crippen LogP contribution in [0.3, 0.4) is 0 Å². The Morgan fingerprint density at radius 3 is 2.79 bits per heavy atom. The molecule has 1 fully saturated rings. The first-order valence-corrected chi connectivity index (χ1v) is 9.72. The number of rotatable bonds is 3. The van der Waals surface area contributed by atoms with Gasteiger partial charge in [0.15, 0.2) is 5.82 Å². The van der Waals surface area contributed by atoms with Crippen LogP contribution in [0.1, 0.15) is 55.6 Å². The summed E-state index contributed by atoms with van der Waals surface area (Å²) in [5.41, 5.74) is 1.15. The minimum atomic E-state index is -0.715. The van der Waals surface area contributed by atoms with Crippen molar-refractivity contribution in [2.45, 2.75) is 51.2 Å². The molecule has 2 aliphatic rings. The average Bonchev–Trinajstić information content (AvgIpc) is 3.04. The van der Waals surface area contributed by atoms with Gasteiger partial charge in [-0.2, -0.15) is 0 Å². The molecule has 2 atom stereocenters. The van der Waals surface area contributed by atoms with Crippen molar-refractivity contribution in [1.82, 2.24) is 14.9 Å². The maximum atomic E-state index is 14.2. The van der Waals surface area contributed by atoms with Gasteiger partial charge in [0.1, 0.15) is 5.60 Å². The third-order valence-electron chi connectivity index (χ3n) is 5.15. The van der Waals surface area contributed by atoms with E-state index in [4.69, 9.17) is 9.47 Å². The first-order chi connectivity index (χ1) is 13.7. The van der Waals surface area contributed by atoms with E-state index in [1.807, 2.05) is 0 Å². The largest absolute Gasteiger partial charge is 0.443 e. The van der Waals surface area contributed by atoms with Crippen molar-refractivity contribution in [1.29, 1.82) is 0 Å². The van der Waals surface area contributed by atoms with E-state index >= 15 is 0 Å². The van der Waals surface area contributed by atoms with E-state index in [2.05, 4.69) is 9.97 Å². The first-order valence-electron chi connectivity index (χ1n) is 9.72. The summed E-state index contributed by atoms with van der Waals surface area (Å²) in [4.78, 5) is 33.8. The van der Waals surface area contributed by atoms with E-state index in [-0.39, 0.29) is 18.6 Å². The number of hydrogen-bond donors (Lipinski definition) is 1. The highest BCUT2D eigenvalue weighted by Crippen LogP contribution is 2.37. The summed E-state index contributed by atoms with van der Waals surface area (Å²) in [5.74, 6) is -1.07. The standard InChI is InChI=1S/C21H24FN3O4/c1-21(2,3)29-20(27)25-11-12(8-13-5-7-28-13)18-15(19(25)26)9-17(24-18)14-4-6-23-10-16(14)22/h4,6,9-10,12-13,24H,5,7-8,11H2,1-3H3. The third-order valence-corrected chi connectivity index (χ3v) is 5.15. The molecule has 29 heavy (non-hydrogen) atoms. The normalized spacial score (nSPS) is 21.5. The predicted molar refractivity (Wildman–Crippen MR) is 103 cm³/mol. The molecule has 1 saturated heterocycles. The molecule has 154 valence electrons. The molecule has 2 unspecified atom stereocenters. The van der Waals surface area contributed by atoms with E-state index in [0.29, 0.717) is 28.9 Å². The highest BCUT2D eigenvalue weighted by Gasteiger charge is 2.40. The molecule has 8 heteroatoms. The Labute approximate surface area is 168 Å². The van der Waals surface area contributed by atoms with Gasteiger partial charge in [-0.05, 0) is 45.7 Å². The Bertz CT molecular complexity index is 946. The Morgan fingerprint density at radius 1 is 1.41 bits per heavy atom. The number of H-pyrrole nitrogens is 1. The van der Waals surface area contributed by atoms with Crippen molar-refractivity contribution in [2.75, 3.05) is 13.2 Å². The minimum Gasteiger partial charge on any atom is -0.443 e. The van der Waals surface area contributed by atoms with Gasteiger partial charge in [0.2, 0.25) is 0 Å². The number of aromatic amines is 1. The molecule has 4 rings (SSSR count). The van der Waals surface area contributed by atoms with Gasteiger partial charge >= 0.3 is 6.09 Å². The highest BCUT2D eigenvalue weighted by atomic mass is 19.1. The first kappa shape index (κ1) is 19.6. The zero-order valence-corrected chi connectivity index (χ0v) is 16.7. The highest BCUT2D eigenvalue weighted by molar-refractivity contribution is 6.05. The molecule has 0 saturated carbocycles. The lowest BCUT2D eigenvalue weighted by Crippen LogP contribution is -2.47. The lowest BCUT2D eigenvalue weighted by Gasteiger charge is -2.36. The quantitative estimate of drug-likeness (QED) is 0.844. The van der Waals surface area contributed by atoms with Crippen molar-refractivity contribution < 1.29 is 23.5 Å². The number of hydrogen-bond acceptors (Lipinski definition) is 5. The van der Waals surface area contributed by atoms with Crippen LogP contribution in [0.5, 0.6) is 0 Å². The molecule has 2 amide bonds. The van der Waals surface area contributed by atoms with E-state index in [9.17, 15) is 14.0 Å². The maximum absolute atomic E-state index is 14.2. The van der Waals surface area contributed by atoms with Gasteiger partial charge in [-0.3, -0.25) is 9.78 Å². The van der Waals surface area contributed by atoms with Crippen LogP contribution in [0, 0.1) is 5.82 Å². The SMILES string of the molecule is CC(C)(C)OC(=O)N1CC(CC2CCO2)c2[nH]c(-c3ccncc3F)cc2C1=O. The fraction of sp³-hybridized carbons (Fsp3) is 0.476. The van der Waals surface area contributed by atoms with Crippen LogP contribution < -0.4 is 0 Å². The molecule has 0 radical (unpaired) electrons. The number of imide groups is 1. The van der Waals surface area contributed by atoms with Crippen LogP contribution in [0.15, 0.2) is 24.5 Å². The summed E-state index contributed by atoms with van der Waals surface area (Å²) in [7, 11) is 0. The number of amides is 2. The lowest BCUT2D eigenvalue weighted by atomic mass is 9.89. The predicted octanol–water partition coefficient (Wildman–Crippen LogP) is 3.87. The van der Waals surface area contributed by atoms with Gasteiger partial charge in [-0.25, -0.2) is 14.1 Å². The second-order valence-corrected chi connectivity index (χ2v) is 8.48. The molecule has 0 bridgehead atoms. The monoisotopic (exact) mass is 401 g/mol. The lowest BCUT2D eigenvalue weighted by molar-refractivity contribution is -0.0599. The van der Waals surface area contributed by atoms with Crippen LogP contribution in [-0.2, 0) is 9.47 Å². The molecule has 0 aliphatic carbocycles. The number of ether oxygens (including phenoxy) is 2. The number of aromatic nitrogens is 2. The van der Waals surface area contributed by atoms with Crippen LogP contribution >= 0.6 is 0 Å². The summed E-state index contributed by atoms with van der Waals surface area (Å²) in [6.07, 6.45) is 3.64. The van der Waals surface area contributed by atoms with Gasteiger partial charge in [-0.15, -0.1) is 0 Å². The summed E-state index contributed by atoms with van der Waals surface area (Å²) in [5, 5.41) is 0. The van der Waals surface area contributed by atoms with Crippen LogP contribution in [-0.4, -0.2) is 51.7 Å². The fourth-order valence-corrected chi connectivity index (χ4v) is 3.70. The minimum absolute atomic E-state index is 0.0888. The molecule has 2 aliphatic heterocycles. The number of nitrogens with one attached hydrogen (secondary N) is 1. The average molecular weight is 401 g/mol. The Kier molecular flexibility index (Phi) is 4.90. The van der Waals surface area contributed by atoms with Crippen molar-refractivity contribution in [3.8, 4) is 11.3 Å². The number of halogens is 1. The Morgan fingerprint density at radius 2 is 2.17 bits per heavy atom. The van der Waals surface area contributed by atoms with Crippen molar-refractivity contribution in [3.63, 3.8) is 0 Å². The van der Waals surface area contributed by atoms with Crippen molar-refractivity contribution in [3.05, 3.63) is 41.6 Å². The number of carbonyl (C=O) groups is 2. The molecule has 0 spiro atoms. The Hall–Kier alpha value is -2.74. The number of nitrogens with zero attached hydrogens (tertiary/aromatic N) is 2. The molecular weight excluding hydrogens is 377 g/mol. The van der Waals surface area contributed by atoms with E-state index in [0.717, 1.165) is 24.1 Å². The number of carbonyl (C=O) groups excluding carboxylic acids is 2. The van der Waals surface area contributed by atoms with Gasteiger partial charge in [0.25, 0.3) is 5.91 Å². The molecule has 2 aromatic rings. The van der Waals surface area contributed by atoms with Gasteiger partial charge in [0.05, 0.1) is 17.9 Å². The zero-order valence-electron chi connectivity index (χ0n) is 16.7. The molecule has 4 heterocycles. The number of pyridine rings is 1. The van der Waals surface area contributed by atoms with Gasteiger partial charge in [-0.1, -0.05) is 0 Å². The van der Waals surface area contributed by atoms with Gasteiger partial charge < -0.3 is 14.5 Å². The topological polar surface area (TPSA) is 84.5 Å². The molecule has 1 N–H and O–H groups in total.